The zero-order valence-corrected chi connectivity index (χ0v) is 33.9. The van der Waals surface area contributed by atoms with Crippen molar-refractivity contribution in [2.45, 2.75) is 43.4 Å². The van der Waals surface area contributed by atoms with E-state index in [-0.39, 0.29) is 91.8 Å². The number of aromatic hydroxyl groups is 2. The Morgan fingerprint density at radius 3 is 2.36 bits per heavy atom. The fourth-order valence-electron chi connectivity index (χ4n) is 7.46. The molecule has 2 aromatic rings. The van der Waals surface area contributed by atoms with Crippen molar-refractivity contribution < 1.29 is 83.3 Å². The first kappa shape index (κ1) is 40.8. The molecule has 0 radical (unpaired) electrons. The largest absolute Gasteiger partial charge is 1.00 e. The average molecular weight is 799 g/mol. The van der Waals surface area contributed by atoms with Crippen LogP contribution in [0.2, 0.25) is 5.02 Å². The number of nitrogen functional groups attached to an aromatic ring is 1. The Morgan fingerprint density at radius 2 is 1.81 bits per heavy atom. The third-order valence-corrected chi connectivity index (χ3v) is 12.5. The number of halogens is 1. The van der Waals surface area contributed by atoms with Gasteiger partial charge in [0, 0.05) is 53.1 Å². The molecular weight excluding hydrogens is 763 g/mol. The number of rotatable bonds is 11. The topological polar surface area (TPSA) is 239 Å². The third-order valence-electron chi connectivity index (χ3n) is 10.1. The number of likely N-dealkylation sites (N-methyl/N-ethyl adjacent to an activating group) is 1. The number of nitrogens with two attached hydrogens (primary N) is 1. The summed E-state index contributed by atoms with van der Waals surface area (Å²) in [5.41, 5.74) is 4.06. The minimum atomic E-state index is -1.88. The van der Waals surface area contributed by atoms with E-state index in [9.17, 15) is 44.4 Å². The van der Waals surface area contributed by atoms with Crippen molar-refractivity contribution in [1.82, 2.24) is 14.8 Å². The molecular formula is C33H36ClN6NaO10S2. The molecule has 2 amide bonds. The van der Waals surface area contributed by atoms with Gasteiger partial charge in [0.05, 0.1) is 54.1 Å². The van der Waals surface area contributed by atoms with Gasteiger partial charge in [0.25, 0.3) is 5.91 Å². The van der Waals surface area contributed by atoms with Gasteiger partial charge in [0.15, 0.2) is 33.7 Å². The summed E-state index contributed by atoms with van der Waals surface area (Å²) in [4.78, 5) is 76.5. The Kier molecular flexibility index (Phi) is 11.6. The van der Waals surface area contributed by atoms with Gasteiger partial charge in [-0.2, -0.15) is 0 Å². The number of hydrogen-bond acceptors (Lipinski definition) is 15. The van der Waals surface area contributed by atoms with Crippen LogP contribution in [-0.2, 0) is 24.0 Å². The number of anilines is 1. The Balaban J connectivity index is 0.00000541. The van der Waals surface area contributed by atoms with Crippen molar-refractivity contribution >= 4 is 75.1 Å². The number of aromatic nitrogens is 1. The Hall–Kier alpha value is -3.39. The van der Waals surface area contributed by atoms with Gasteiger partial charge in [-0.3, -0.25) is 19.3 Å². The predicted octanol–water partition coefficient (Wildman–Crippen LogP) is -3.23. The number of hydrogen-bond donors (Lipinski definition) is 3. The van der Waals surface area contributed by atoms with E-state index in [2.05, 4.69) is 10.1 Å². The van der Waals surface area contributed by atoms with Gasteiger partial charge >= 0.3 is 29.6 Å². The number of carbonyl (C=O) groups is 5. The quantitative estimate of drug-likeness (QED) is 0.0507. The summed E-state index contributed by atoms with van der Waals surface area (Å²) in [6, 6.07) is 2.49. The molecule has 5 heterocycles. The fourth-order valence-corrected chi connectivity index (χ4v) is 9.73. The summed E-state index contributed by atoms with van der Waals surface area (Å²) in [5.74, 6) is -6.28. The monoisotopic (exact) mass is 798 g/mol. The number of carboxylic acid groups (broad SMARTS) is 2. The number of β-lactam (4-membered cyclic amide) rings is 1. The zero-order chi connectivity index (χ0) is 38.0. The van der Waals surface area contributed by atoms with Crippen LogP contribution in [0.1, 0.15) is 43.2 Å². The van der Waals surface area contributed by atoms with Crippen LogP contribution in [-0.4, -0.2) is 121 Å². The van der Waals surface area contributed by atoms with E-state index in [1.54, 1.807) is 4.90 Å². The van der Waals surface area contributed by atoms with Crippen LogP contribution in [0.3, 0.4) is 0 Å². The van der Waals surface area contributed by atoms with Gasteiger partial charge in [-0.15, -0.1) is 23.1 Å². The van der Waals surface area contributed by atoms with E-state index in [1.807, 2.05) is 14.0 Å². The van der Waals surface area contributed by atoms with E-state index in [4.69, 9.17) is 22.2 Å². The second-order valence-corrected chi connectivity index (χ2v) is 17.1. The third kappa shape index (κ3) is 7.77. The second-order valence-electron chi connectivity index (χ2n) is 14.4. The number of thioether (sulfide) groups is 1. The van der Waals surface area contributed by atoms with Crippen LogP contribution >= 0.6 is 34.7 Å². The van der Waals surface area contributed by atoms with Crippen molar-refractivity contribution in [3.05, 3.63) is 45.1 Å². The first-order chi connectivity index (χ1) is 24.3. The van der Waals surface area contributed by atoms with Crippen LogP contribution in [0.15, 0.2) is 33.9 Å². The van der Waals surface area contributed by atoms with Crippen LogP contribution < -0.4 is 45.5 Å². The number of fused-ring (bicyclic) bond motifs is 2. The molecule has 3 saturated heterocycles. The maximum absolute atomic E-state index is 13.6. The number of amides is 2. The van der Waals surface area contributed by atoms with Gasteiger partial charge in [-0.05, 0) is 32.9 Å². The van der Waals surface area contributed by atoms with Gasteiger partial charge in [-0.25, -0.2) is 4.98 Å². The van der Waals surface area contributed by atoms with Crippen LogP contribution in [0.4, 0.5) is 5.13 Å². The zero-order valence-electron chi connectivity index (χ0n) is 29.5. The van der Waals surface area contributed by atoms with Gasteiger partial charge < -0.3 is 50.0 Å². The number of ketones is 1. The van der Waals surface area contributed by atoms with Gasteiger partial charge in [0.1, 0.15) is 12.2 Å². The van der Waals surface area contributed by atoms with Crippen LogP contribution in [0, 0.1) is 17.8 Å². The molecule has 4 N–H and O–H groups in total. The van der Waals surface area contributed by atoms with Crippen LogP contribution in [0.5, 0.6) is 11.5 Å². The molecule has 4 aliphatic rings. The molecule has 1 unspecified atom stereocenters. The SMILES string of the molecule is C[C@@H]1S[C@@H]2[C@H](CC(=O)/C(=N\OC(C)(C)C(=O)[O-])c3csc(N)n3)C(=O)N2C(C(=O)[O-])=C1C[N+]1(C)C[C@H]2CN(C(=O)c3cc(O)c(O)c(Cl)c3)C[C@H]2C1.[Na+]. The molecule has 6 rings (SSSR count). The summed E-state index contributed by atoms with van der Waals surface area (Å²) in [6.45, 7) is 6.75. The molecule has 0 aliphatic carbocycles. The van der Waals surface area contributed by atoms with E-state index < -0.39 is 52.0 Å². The maximum atomic E-state index is 13.6. The molecule has 1 aromatic carbocycles. The molecule has 0 bridgehead atoms. The first-order valence-corrected chi connectivity index (χ1v) is 18.5. The van der Waals surface area contributed by atoms with Crippen molar-refractivity contribution in [2.75, 3.05) is 45.5 Å². The van der Waals surface area contributed by atoms with Crippen molar-refractivity contribution in [2.24, 2.45) is 22.9 Å². The minimum Gasteiger partial charge on any atom is -0.546 e. The summed E-state index contributed by atoms with van der Waals surface area (Å²) in [6.07, 6.45) is -0.372. The Bertz CT molecular complexity index is 1920. The van der Waals surface area contributed by atoms with E-state index in [1.165, 1.54) is 48.0 Å². The van der Waals surface area contributed by atoms with Crippen molar-refractivity contribution in [1.29, 1.82) is 0 Å². The first-order valence-electron chi connectivity index (χ1n) is 16.3. The van der Waals surface area contributed by atoms with Gasteiger partial charge in [-0.1, -0.05) is 16.8 Å². The Labute approximate surface area is 339 Å². The second kappa shape index (κ2) is 15.0. The standard InChI is InChI=1S/C33H37ClN6O10S2.Na/c1-14-19(12-40(4)10-16-8-38(9-17(16)11-40)27(44)15-5-20(34)26(43)23(42)6-15)25(30(46)47)39-28(45)18(29(39)52-14)7-22(41)24(21-13-51-32(35)36-21)37-50-33(2,3)31(48)49;/h5-6,13-14,16-18,29H,7-12H2,1-4H3,(H5-,35,36,37,41,42,43,44,46,47,48,49);/q;+1/p-1/t14-,16-,17+,18+,29+,40?;/m0./s1. The van der Waals surface area contributed by atoms with Crippen LogP contribution in [0.25, 0.3) is 0 Å². The molecule has 278 valence electrons. The number of thiazole rings is 1. The number of phenolic OH excluding ortho intramolecular Hbond substituents is 2. The summed E-state index contributed by atoms with van der Waals surface area (Å²) in [5, 5.41) is 48.0. The van der Waals surface area contributed by atoms with E-state index >= 15 is 0 Å². The minimum absolute atomic E-state index is 0. The number of aliphatic carboxylic acids is 2. The number of nitrogens with zero attached hydrogens (tertiary/aromatic N) is 5. The molecule has 0 saturated carbocycles. The maximum Gasteiger partial charge on any atom is 1.00 e. The number of Topliss-reactive ketones (excluding diaryl/α,β-unsaturated/α-hetero) is 1. The fraction of sp³-hybridized carbons (Fsp3) is 0.485. The summed E-state index contributed by atoms with van der Waals surface area (Å²) < 4.78 is 0.480. The molecule has 4 aliphatic heterocycles. The predicted molar refractivity (Wildman–Crippen MR) is 185 cm³/mol. The Morgan fingerprint density at radius 1 is 1.17 bits per heavy atom. The number of oxime groups is 1. The number of benzene rings is 1. The van der Waals surface area contributed by atoms with E-state index in [0.29, 0.717) is 42.8 Å². The number of carboxylic acids is 2. The molecule has 20 heteroatoms. The smallest absolute Gasteiger partial charge is 0.546 e. The van der Waals surface area contributed by atoms with Gasteiger partial charge in [0.2, 0.25) is 5.91 Å². The molecule has 3 fully saturated rings. The molecule has 6 atom stereocenters. The number of phenols is 2. The number of likely N-dealkylation sites (tertiary alicyclic amines) is 2. The molecule has 53 heavy (non-hydrogen) atoms. The molecule has 16 nitrogen and oxygen atoms in total. The number of carbonyl (C=O) groups excluding carboxylic acids is 5. The molecule has 1 aromatic heterocycles. The molecule has 0 spiro atoms. The van der Waals surface area contributed by atoms with Crippen molar-refractivity contribution in [3.8, 4) is 11.5 Å². The van der Waals surface area contributed by atoms with E-state index in [0.717, 1.165) is 11.3 Å². The summed E-state index contributed by atoms with van der Waals surface area (Å²) >= 11 is 8.35. The number of quaternary nitrogens is 1. The summed E-state index contributed by atoms with van der Waals surface area (Å²) in [7, 11) is 2.01. The average Bonchev–Trinajstić information content (AvgIpc) is 3.75. The van der Waals surface area contributed by atoms with Crippen molar-refractivity contribution in [3.63, 3.8) is 0 Å². The normalized spacial score (nSPS) is 26.8.